The summed E-state index contributed by atoms with van der Waals surface area (Å²) in [5.74, 6) is 1.49. The summed E-state index contributed by atoms with van der Waals surface area (Å²) in [6.07, 6.45) is 1.74. The summed E-state index contributed by atoms with van der Waals surface area (Å²) in [4.78, 5) is 12.6. The van der Waals surface area contributed by atoms with Crippen LogP contribution in [0.3, 0.4) is 0 Å². The van der Waals surface area contributed by atoms with E-state index in [1.54, 1.807) is 6.20 Å². The number of aromatic nitrogens is 2. The fourth-order valence-electron chi connectivity index (χ4n) is 1.93. The van der Waals surface area contributed by atoms with E-state index in [1.807, 2.05) is 48.2 Å². The molecule has 2 aromatic rings. The molecule has 1 heterocycles. The topological polar surface area (TPSA) is 52.5 Å². The number of benzene rings is 1. The first-order chi connectivity index (χ1) is 9.70. The van der Waals surface area contributed by atoms with Gasteiger partial charge < -0.3 is 14.9 Å². The van der Waals surface area contributed by atoms with Crippen LogP contribution in [0.5, 0.6) is 0 Å². The second-order valence-electron chi connectivity index (χ2n) is 4.74. The number of rotatable bonds is 6. The van der Waals surface area contributed by atoms with Crippen molar-refractivity contribution in [2.75, 3.05) is 37.0 Å². The maximum atomic E-state index is 9.26. The van der Waals surface area contributed by atoms with Gasteiger partial charge in [-0.2, -0.15) is 4.98 Å². The van der Waals surface area contributed by atoms with Gasteiger partial charge >= 0.3 is 0 Å². The Labute approximate surface area is 119 Å². The Kier molecular flexibility index (Phi) is 4.90. The van der Waals surface area contributed by atoms with Gasteiger partial charge in [0.15, 0.2) is 0 Å². The monoisotopic (exact) mass is 272 g/mol. The third kappa shape index (κ3) is 3.68. The molecule has 0 radical (unpaired) electrons. The van der Waals surface area contributed by atoms with E-state index in [9.17, 15) is 5.11 Å². The predicted octanol–water partition coefficient (Wildman–Crippen LogP) is 1.54. The van der Waals surface area contributed by atoms with Crippen molar-refractivity contribution in [2.45, 2.75) is 6.54 Å². The normalized spacial score (nSPS) is 10.3. The van der Waals surface area contributed by atoms with Gasteiger partial charge in [0, 0.05) is 33.4 Å². The molecule has 20 heavy (non-hydrogen) atoms. The van der Waals surface area contributed by atoms with Crippen molar-refractivity contribution >= 4 is 11.8 Å². The predicted molar refractivity (Wildman–Crippen MR) is 80.9 cm³/mol. The molecule has 5 heteroatoms. The first-order valence-electron chi connectivity index (χ1n) is 6.61. The molecule has 106 valence electrons. The van der Waals surface area contributed by atoms with Gasteiger partial charge in [-0.3, -0.25) is 0 Å². The van der Waals surface area contributed by atoms with E-state index in [2.05, 4.69) is 22.1 Å². The lowest BCUT2D eigenvalue weighted by Crippen LogP contribution is -2.27. The van der Waals surface area contributed by atoms with Crippen molar-refractivity contribution in [1.82, 2.24) is 9.97 Å². The Hall–Kier alpha value is -2.14. The van der Waals surface area contributed by atoms with Gasteiger partial charge in [-0.25, -0.2) is 4.98 Å². The van der Waals surface area contributed by atoms with E-state index in [-0.39, 0.29) is 6.61 Å². The Morgan fingerprint density at radius 2 is 1.85 bits per heavy atom. The summed E-state index contributed by atoms with van der Waals surface area (Å²) in [5.41, 5.74) is 1.19. The fraction of sp³-hybridized carbons (Fsp3) is 0.333. The van der Waals surface area contributed by atoms with Crippen LogP contribution in [0, 0.1) is 0 Å². The van der Waals surface area contributed by atoms with Crippen molar-refractivity contribution in [3.8, 4) is 0 Å². The fourth-order valence-corrected chi connectivity index (χ4v) is 1.93. The molecule has 0 aliphatic heterocycles. The van der Waals surface area contributed by atoms with E-state index < -0.39 is 0 Å². The summed E-state index contributed by atoms with van der Waals surface area (Å²) >= 11 is 0. The van der Waals surface area contributed by atoms with Crippen molar-refractivity contribution in [1.29, 1.82) is 0 Å². The van der Waals surface area contributed by atoms with Gasteiger partial charge in [0.2, 0.25) is 5.95 Å². The average Bonchev–Trinajstić information content (AvgIpc) is 2.48. The van der Waals surface area contributed by atoms with Crippen LogP contribution in [0.15, 0.2) is 42.6 Å². The van der Waals surface area contributed by atoms with E-state index in [0.717, 1.165) is 5.82 Å². The van der Waals surface area contributed by atoms with Gasteiger partial charge in [0.05, 0.1) is 6.61 Å². The quantitative estimate of drug-likeness (QED) is 0.864. The van der Waals surface area contributed by atoms with Crippen LogP contribution in [0.2, 0.25) is 0 Å². The summed E-state index contributed by atoms with van der Waals surface area (Å²) in [6.45, 7) is 1.35. The number of hydrogen-bond acceptors (Lipinski definition) is 5. The van der Waals surface area contributed by atoms with Crippen LogP contribution in [0.1, 0.15) is 5.56 Å². The Bertz CT molecular complexity index is 530. The summed E-state index contributed by atoms with van der Waals surface area (Å²) in [6, 6.07) is 12.0. The molecule has 0 amide bonds. The number of nitrogens with zero attached hydrogens (tertiary/aromatic N) is 4. The molecule has 1 aromatic carbocycles. The number of hydrogen-bond donors (Lipinski definition) is 1. The Morgan fingerprint density at radius 1 is 1.10 bits per heavy atom. The van der Waals surface area contributed by atoms with Crippen molar-refractivity contribution in [3.05, 3.63) is 48.2 Å². The van der Waals surface area contributed by atoms with E-state index in [0.29, 0.717) is 19.0 Å². The third-order valence-electron chi connectivity index (χ3n) is 2.94. The molecule has 0 saturated heterocycles. The standard InChI is InChI=1S/C15H20N4O/c1-18(2)15-16-9-8-14(17-15)19(10-11-20)12-13-6-4-3-5-7-13/h3-9,20H,10-12H2,1-2H3. The molecule has 0 bridgehead atoms. The molecule has 0 unspecified atom stereocenters. The first-order valence-corrected chi connectivity index (χ1v) is 6.61. The lowest BCUT2D eigenvalue weighted by molar-refractivity contribution is 0.301. The van der Waals surface area contributed by atoms with Gasteiger partial charge in [0.1, 0.15) is 5.82 Å². The van der Waals surface area contributed by atoms with Gasteiger partial charge in [-0.1, -0.05) is 30.3 Å². The first kappa shape index (κ1) is 14.3. The number of anilines is 2. The Morgan fingerprint density at radius 3 is 2.50 bits per heavy atom. The molecule has 5 nitrogen and oxygen atoms in total. The second kappa shape index (κ2) is 6.86. The SMILES string of the molecule is CN(C)c1nccc(N(CCO)Cc2ccccc2)n1. The molecule has 1 aromatic heterocycles. The number of aliphatic hydroxyl groups is 1. The van der Waals surface area contributed by atoms with Gasteiger partial charge in [-0.05, 0) is 11.6 Å². The number of aliphatic hydroxyl groups excluding tert-OH is 1. The van der Waals surface area contributed by atoms with Crippen molar-refractivity contribution in [3.63, 3.8) is 0 Å². The summed E-state index contributed by atoms with van der Waals surface area (Å²) in [5, 5.41) is 9.26. The maximum absolute atomic E-state index is 9.26. The highest BCUT2D eigenvalue weighted by atomic mass is 16.3. The molecule has 0 aliphatic rings. The zero-order chi connectivity index (χ0) is 14.4. The zero-order valence-electron chi connectivity index (χ0n) is 11.9. The van der Waals surface area contributed by atoms with E-state index >= 15 is 0 Å². The van der Waals surface area contributed by atoms with Crippen molar-refractivity contribution < 1.29 is 5.11 Å². The lowest BCUT2D eigenvalue weighted by atomic mass is 10.2. The average molecular weight is 272 g/mol. The summed E-state index contributed by atoms with van der Waals surface area (Å²) in [7, 11) is 3.82. The van der Waals surface area contributed by atoms with Gasteiger partial charge in [-0.15, -0.1) is 0 Å². The minimum atomic E-state index is 0.0914. The van der Waals surface area contributed by atoms with Crippen LogP contribution in [0.25, 0.3) is 0 Å². The van der Waals surface area contributed by atoms with Crippen LogP contribution < -0.4 is 9.80 Å². The molecule has 0 saturated carbocycles. The van der Waals surface area contributed by atoms with E-state index in [1.165, 1.54) is 5.56 Å². The largest absolute Gasteiger partial charge is 0.395 e. The van der Waals surface area contributed by atoms with Gasteiger partial charge in [0.25, 0.3) is 0 Å². The minimum Gasteiger partial charge on any atom is -0.395 e. The van der Waals surface area contributed by atoms with Crippen LogP contribution in [-0.2, 0) is 6.54 Å². The molecular weight excluding hydrogens is 252 g/mol. The van der Waals surface area contributed by atoms with Crippen LogP contribution >= 0.6 is 0 Å². The van der Waals surface area contributed by atoms with E-state index in [4.69, 9.17) is 0 Å². The molecular formula is C15H20N4O. The smallest absolute Gasteiger partial charge is 0.226 e. The zero-order valence-corrected chi connectivity index (χ0v) is 11.9. The highest BCUT2D eigenvalue weighted by Gasteiger charge is 2.10. The molecule has 0 fully saturated rings. The molecule has 0 spiro atoms. The van der Waals surface area contributed by atoms with Crippen LogP contribution in [-0.4, -0.2) is 42.3 Å². The highest BCUT2D eigenvalue weighted by Crippen LogP contribution is 2.16. The molecule has 2 rings (SSSR count). The highest BCUT2D eigenvalue weighted by molar-refractivity contribution is 5.43. The Balaban J connectivity index is 2.21. The molecule has 1 N–H and O–H groups in total. The molecule has 0 atom stereocenters. The minimum absolute atomic E-state index is 0.0914. The van der Waals surface area contributed by atoms with Crippen LogP contribution in [0.4, 0.5) is 11.8 Å². The maximum Gasteiger partial charge on any atom is 0.226 e. The summed E-state index contributed by atoms with van der Waals surface area (Å²) < 4.78 is 0. The third-order valence-corrected chi connectivity index (χ3v) is 2.94. The lowest BCUT2D eigenvalue weighted by Gasteiger charge is -2.23. The second-order valence-corrected chi connectivity index (χ2v) is 4.74. The molecule has 0 aliphatic carbocycles. The van der Waals surface area contributed by atoms with Crippen molar-refractivity contribution in [2.24, 2.45) is 0 Å².